The molecule has 2 aliphatic heterocycles. The summed E-state index contributed by atoms with van der Waals surface area (Å²) >= 11 is 0. The lowest BCUT2D eigenvalue weighted by atomic mass is 10.0. The zero-order valence-electron chi connectivity index (χ0n) is 18.2. The van der Waals surface area contributed by atoms with E-state index < -0.39 is 17.6 Å². The normalized spacial score (nSPS) is 18.9. The predicted octanol–water partition coefficient (Wildman–Crippen LogP) is 4.03. The van der Waals surface area contributed by atoms with Crippen molar-refractivity contribution >= 4 is 11.6 Å². The standard InChI is InChI=1S/C24H27F3N2O4/c25-24(26,27)21-14-18(29-9-12-31-13-10-29)8-7-17(21)15-28-23(30)20-5-1-2-6-22(20)33-16-19-4-3-11-32-19/h1-2,5-8,14,19H,3-4,9-13,15-16H2,(H,28,30). The SMILES string of the molecule is O=C(NCc1ccc(N2CCOCC2)cc1C(F)(F)F)c1ccccc1OCC1CCCO1. The van der Waals surface area contributed by atoms with Crippen molar-refractivity contribution in [3.8, 4) is 5.75 Å². The van der Waals surface area contributed by atoms with Crippen molar-refractivity contribution in [1.29, 1.82) is 0 Å². The minimum atomic E-state index is -4.54. The topological polar surface area (TPSA) is 60.0 Å². The number of carbonyl (C=O) groups is 1. The fourth-order valence-corrected chi connectivity index (χ4v) is 4.01. The van der Waals surface area contributed by atoms with Crippen molar-refractivity contribution < 1.29 is 32.2 Å². The van der Waals surface area contributed by atoms with E-state index in [1.807, 2.05) is 4.90 Å². The number of ether oxygens (including phenoxy) is 3. The molecule has 2 heterocycles. The average molecular weight is 464 g/mol. The van der Waals surface area contributed by atoms with Crippen LogP contribution in [0, 0.1) is 0 Å². The molecule has 33 heavy (non-hydrogen) atoms. The molecule has 0 aromatic heterocycles. The molecule has 4 rings (SSSR count). The third kappa shape index (κ3) is 5.97. The summed E-state index contributed by atoms with van der Waals surface area (Å²) in [5.74, 6) is -0.118. The van der Waals surface area contributed by atoms with Crippen LogP contribution in [0.15, 0.2) is 42.5 Å². The van der Waals surface area contributed by atoms with Gasteiger partial charge in [0.2, 0.25) is 0 Å². The van der Waals surface area contributed by atoms with E-state index in [-0.39, 0.29) is 23.8 Å². The minimum Gasteiger partial charge on any atom is -0.490 e. The van der Waals surface area contributed by atoms with E-state index >= 15 is 0 Å². The van der Waals surface area contributed by atoms with Crippen LogP contribution >= 0.6 is 0 Å². The zero-order valence-corrected chi connectivity index (χ0v) is 18.2. The number of carbonyl (C=O) groups excluding carboxylic acids is 1. The molecule has 2 aliphatic rings. The van der Waals surface area contributed by atoms with Gasteiger partial charge in [0.25, 0.3) is 5.91 Å². The van der Waals surface area contributed by atoms with Crippen LogP contribution in [-0.4, -0.2) is 51.5 Å². The summed E-state index contributed by atoms with van der Waals surface area (Å²) < 4.78 is 57.9. The van der Waals surface area contributed by atoms with Gasteiger partial charge in [-0.15, -0.1) is 0 Å². The first-order valence-corrected chi connectivity index (χ1v) is 11.1. The molecule has 1 unspecified atom stereocenters. The maximum atomic E-state index is 13.8. The number of amides is 1. The molecule has 2 aromatic carbocycles. The number of nitrogens with one attached hydrogen (secondary N) is 1. The summed E-state index contributed by atoms with van der Waals surface area (Å²) in [7, 11) is 0. The second kappa shape index (κ2) is 10.4. The molecule has 178 valence electrons. The Kier molecular flexibility index (Phi) is 7.39. The van der Waals surface area contributed by atoms with Gasteiger partial charge < -0.3 is 24.4 Å². The largest absolute Gasteiger partial charge is 0.490 e. The van der Waals surface area contributed by atoms with E-state index in [0.717, 1.165) is 18.9 Å². The van der Waals surface area contributed by atoms with Crippen LogP contribution in [0.3, 0.4) is 0 Å². The van der Waals surface area contributed by atoms with Crippen molar-refractivity contribution in [1.82, 2.24) is 5.32 Å². The van der Waals surface area contributed by atoms with Crippen LogP contribution in [0.2, 0.25) is 0 Å². The number of nitrogens with zero attached hydrogens (tertiary/aromatic N) is 1. The number of alkyl halides is 3. The van der Waals surface area contributed by atoms with Crippen LogP contribution in [0.5, 0.6) is 5.75 Å². The molecule has 9 heteroatoms. The van der Waals surface area contributed by atoms with Crippen LogP contribution in [0.1, 0.15) is 34.3 Å². The summed E-state index contributed by atoms with van der Waals surface area (Å²) in [5, 5.41) is 2.61. The Hall–Kier alpha value is -2.78. The fraction of sp³-hybridized carbons (Fsp3) is 0.458. The van der Waals surface area contributed by atoms with E-state index in [1.54, 1.807) is 30.3 Å². The van der Waals surface area contributed by atoms with Crippen LogP contribution < -0.4 is 15.0 Å². The highest BCUT2D eigenvalue weighted by Gasteiger charge is 2.34. The number of rotatable bonds is 7. The van der Waals surface area contributed by atoms with Crippen LogP contribution in [0.25, 0.3) is 0 Å². The Morgan fingerprint density at radius 2 is 1.91 bits per heavy atom. The van der Waals surface area contributed by atoms with E-state index in [9.17, 15) is 18.0 Å². The Morgan fingerprint density at radius 3 is 2.64 bits per heavy atom. The predicted molar refractivity (Wildman–Crippen MR) is 117 cm³/mol. The minimum absolute atomic E-state index is 0.00520. The van der Waals surface area contributed by atoms with Crippen LogP contribution in [0.4, 0.5) is 18.9 Å². The third-order valence-electron chi connectivity index (χ3n) is 5.79. The monoisotopic (exact) mass is 464 g/mol. The number of hydrogen-bond donors (Lipinski definition) is 1. The van der Waals surface area contributed by atoms with Gasteiger partial charge in [0.15, 0.2) is 0 Å². The maximum Gasteiger partial charge on any atom is 0.416 e. The van der Waals surface area contributed by atoms with Crippen molar-refractivity contribution in [3.63, 3.8) is 0 Å². The molecule has 2 fully saturated rings. The van der Waals surface area contributed by atoms with Gasteiger partial charge >= 0.3 is 6.18 Å². The number of halogens is 3. The van der Waals surface area contributed by atoms with Gasteiger partial charge in [-0.25, -0.2) is 0 Å². The third-order valence-corrected chi connectivity index (χ3v) is 5.79. The summed E-state index contributed by atoms with van der Waals surface area (Å²) in [6, 6.07) is 10.9. The van der Waals surface area contributed by atoms with Crippen molar-refractivity contribution in [2.45, 2.75) is 31.7 Å². The van der Waals surface area contributed by atoms with Gasteiger partial charge in [0.1, 0.15) is 12.4 Å². The highest BCUT2D eigenvalue weighted by Crippen LogP contribution is 2.35. The molecule has 0 radical (unpaired) electrons. The van der Waals surface area contributed by atoms with E-state index in [4.69, 9.17) is 14.2 Å². The first kappa shape index (κ1) is 23.4. The number of para-hydroxylation sites is 1. The second-order valence-corrected chi connectivity index (χ2v) is 8.06. The summed E-state index contributed by atoms with van der Waals surface area (Å²) in [5.41, 5.74) is 0.0166. The van der Waals surface area contributed by atoms with Crippen molar-refractivity contribution in [2.24, 2.45) is 0 Å². The Labute approximate surface area is 190 Å². The Balaban J connectivity index is 1.45. The van der Waals surface area contributed by atoms with Gasteiger partial charge in [-0.05, 0) is 42.7 Å². The van der Waals surface area contributed by atoms with Gasteiger partial charge in [-0.3, -0.25) is 4.79 Å². The molecular formula is C24H27F3N2O4. The Bertz CT molecular complexity index is 955. The molecule has 0 spiro atoms. The number of hydrogen-bond acceptors (Lipinski definition) is 5. The van der Waals surface area contributed by atoms with Gasteiger partial charge in [-0.2, -0.15) is 13.2 Å². The highest BCUT2D eigenvalue weighted by atomic mass is 19.4. The first-order chi connectivity index (χ1) is 15.9. The van der Waals surface area contributed by atoms with Crippen molar-refractivity contribution in [3.05, 3.63) is 59.2 Å². The highest BCUT2D eigenvalue weighted by molar-refractivity contribution is 5.96. The molecule has 0 saturated carbocycles. The van der Waals surface area contributed by atoms with Crippen molar-refractivity contribution in [2.75, 3.05) is 44.4 Å². The van der Waals surface area contributed by atoms with Gasteiger partial charge in [-0.1, -0.05) is 18.2 Å². The fourth-order valence-electron chi connectivity index (χ4n) is 4.01. The molecule has 1 amide bonds. The average Bonchev–Trinajstić information content (AvgIpc) is 3.35. The lowest BCUT2D eigenvalue weighted by molar-refractivity contribution is -0.138. The maximum absolute atomic E-state index is 13.8. The molecule has 6 nitrogen and oxygen atoms in total. The molecule has 1 N–H and O–H groups in total. The zero-order chi connectivity index (χ0) is 23.3. The molecule has 0 bridgehead atoms. The molecule has 2 aromatic rings. The Morgan fingerprint density at radius 1 is 1.12 bits per heavy atom. The van der Waals surface area contributed by atoms with E-state index in [0.29, 0.717) is 51.0 Å². The summed E-state index contributed by atoms with van der Waals surface area (Å²) in [6.45, 7) is 2.80. The van der Waals surface area contributed by atoms with E-state index in [1.165, 1.54) is 6.07 Å². The summed E-state index contributed by atoms with van der Waals surface area (Å²) in [4.78, 5) is 14.6. The quantitative estimate of drug-likeness (QED) is 0.671. The second-order valence-electron chi connectivity index (χ2n) is 8.06. The molecule has 2 saturated heterocycles. The molecule has 1 atom stereocenters. The smallest absolute Gasteiger partial charge is 0.416 e. The lowest BCUT2D eigenvalue weighted by Crippen LogP contribution is -2.36. The number of benzene rings is 2. The van der Waals surface area contributed by atoms with Gasteiger partial charge in [0.05, 0.1) is 30.4 Å². The summed E-state index contributed by atoms with van der Waals surface area (Å²) in [6.07, 6.45) is -2.68. The molecule has 0 aliphatic carbocycles. The van der Waals surface area contributed by atoms with Gasteiger partial charge in [0, 0.05) is 31.9 Å². The molecular weight excluding hydrogens is 437 g/mol. The lowest BCUT2D eigenvalue weighted by Gasteiger charge is -2.29. The van der Waals surface area contributed by atoms with E-state index in [2.05, 4.69) is 5.32 Å². The number of morpholine rings is 1. The number of anilines is 1. The van der Waals surface area contributed by atoms with Crippen LogP contribution in [-0.2, 0) is 22.2 Å². The first-order valence-electron chi connectivity index (χ1n) is 11.1.